The Morgan fingerprint density at radius 2 is 2.26 bits per heavy atom. The molecule has 0 aliphatic carbocycles. The molecule has 5 nitrogen and oxygen atoms in total. The Hall–Kier alpha value is -2.30. The number of amides is 1. The van der Waals surface area contributed by atoms with Crippen molar-refractivity contribution in [3.05, 3.63) is 35.9 Å². The maximum absolute atomic E-state index is 12.2. The van der Waals surface area contributed by atoms with Crippen molar-refractivity contribution in [1.29, 1.82) is 0 Å². The van der Waals surface area contributed by atoms with Crippen LogP contribution in [0.1, 0.15) is 58.1 Å². The van der Waals surface area contributed by atoms with Gasteiger partial charge in [0.1, 0.15) is 11.6 Å². The van der Waals surface area contributed by atoms with Gasteiger partial charge in [-0.2, -0.15) is 0 Å². The molecule has 0 radical (unpaired) electrons. The summed E-state index contributed by atoms with van der Waals surface area (Å²) in [5, 5.41) is 3.56. The van der Waals surface area contributed by atoms with Gasteiger partial charge < -0.3 is 15.0 Å². The van der Waals surface area contributed by atoms with Gasteiger partial charge in [0, 0.05) is 18.5 Å². The highest BCUT2D eigenvalue weighted by molar-refractivity contribution is 6.05. The molecule has 1 aromatic rings. The van der Waals surface area contributed by atoms with Crippen LogP contribution in [0.25, 0.3) is 0 Å². The van der Waals surface area contributed by atoms with Gasteiger partial charge in [-0.3, -0.25) is 9.79 Å². The van der Waals surface area contributed by atoms with E-state index in [-0.39, 0.29) is 17.5 Å². The largest absolute Gasteiger partial charge is 0.492 e. The van der Waals surface area contributed by atoms with Crippen molar-refractivity contribution < 1.29 is 9.53 Å². The molecular weight excluding hydrogens is 338 g/mol. The summed E-state index contributed by atoms with van der Waals surface area (Å²) in [6.45, 7) is 13.3. The van der Waals surface area contributed by atoms with Gasteiger partial charge in [0.2, 0.25) is 5.91 Å². The Bertz CT molecular complexity index is 771. The molecule has 0 fully saturated rings. The van der Waals surface area contributed by atoms with Gasteiger partial charge in [-0.15, -0.1) is 6.58 Å². The number of carbonyl (C=O) groups excluding carboxylic acids is 1. The number of ether oxygens (including phenoxy) is 1. The van der Waals surface area contributed by atoms with E-state index < -0.39 is 0 Å². The number of rotatable bonds is 6. The van der Waals surface area contributed by atoms with E-state index in [1.165, 1.54) is 0 Å². The third-order valence-corrected chi connectivity index (χ3v) is 5.70. The summed E-state index contributed by atoms with van der Waals surface area (Å²) in [5.74, 6) is 1.80. The SMILES string of the molecule is C=C[C@]1(CC)CN=C(c2ccc3c(c2OCCC)CC[C@H](C)N3C(C)=O)N1. The minimum atomic E-state index is -0.187. The first kappa shape index (κ1) is 19.5. The summed E-state index contributed by atoms with van der Waals surface area (Å²) >= 11 is 0. The average Bonchev–Trinajstić information content (AvgIpc) is 3.10. The van der Waals surface area contributed by atoms with Crippen LogP contribution in [0.15, 0.2) is 29.8 Å². The van der Waals surface area contributed by atoms with Gasteiger partial charge in [-0.25, -0.2) is 0 Å². The lowest BCUT2D eigenvalue weighted by molar-refractivity contribution is -0.117. The fourth-order valence-corrected chi connectivity index (χ4v) is 3.99. The van der Waals surface area contributed by atoms with Crippen LogP contribution in [-0.4, -0.2) is 36.5 Å². The van der Waals surface area contributed by atoms with E-state index in [2.05, 4.69) is 32.7 Å². The Morgan fingerprint density at radius 1 is 1.48 bits per heavy atom. The number of nitrogens with zero attached hydrogens (tertiary/aromatic N) is 2. The monoisotopic (exact) mass is 369 g/mol. The molecule has 146 valence electrons. The molecule has 0 saturated carbocycles. The Kier molecular flexibility index (Phi) is 5.59. The van der Waals surface area contributed by atoms with Crippen LogP contribution in [0.3, 0.4) is 0 Å². The van der Waals surface area contributed by atoms with E-state index in [0.29, 0.717) is 13.2 Å². The first-order valence-electron chi connectivity index (χ1n) is 10.0. The zero-order chi connectivity index (χ0) is 19.6. The number of fused-ring (bicyclic) bond motifs is 1. The van der Waals surface area contributed by atoms with Crippen LogP contribution in [0, 0.1) is 0 Å². The van der Waals surface area contributed by atoms with Crippen LogP contribution < -0.4 is 15.0 Å². The van der Waals surface area contributed by atoms with Crippen LogP contribution in [0.4, 0.5) is 5.69 Å². The van der Waals surface area contributed by atoms with Crippen molar-refractivity contribution in [1.82, 2.24) is 5.32 Å². The van der Waals surface area contributed by atoms with Crippen LogP contribution in [0.5, 0.6) is 5.75 Å². The lowest BCUT2D eigenvalue weighted by Crippen LogP contribution is -2.44. The number of amidine groups is 1. The molecule has 2 atom stereocenters. The van der Waals surface area contributed by atoms with E-state index in [9.17, 15) is 4.79 Å². The smallest absolute Gasteiger partial charge is 0.224 e. The maximum Gasteiger partial charge on any atom is 0.224 e. The summed E-state index contributed by atoms with van der Waals surface area (Å²) in [6.07, 6.45) is 5.65. The van der Waals surface area contributed by atoms with Crippen molar-refractivity contribution in [3.8, 4) is 5.75 Å². The van der Waals surface area contributed by atoms with Crippen molar-refractivity contribution >= 4 is 17.4 Å². The number of carbonyl (C=O) groups is 1. The standard InChI is InChI=1S/C22H31N3O2/c1-6-13-27-20-17-10-9-15(4)25(16(5)26)19(17)12-11-18(20)21-23-14-22(7-2,8-3)24-21/h7,11-12,15H,2,6,8-10,13-14H2,1,3-5H3,(H,23,24)/t15-,22-/m0/s1. The fraction of sp³-hybridized carbons (Fsp3) is 0.545. The molecule has 2 heterocycles. The van der Waals surface area contributed by atoms with E-state index in [1.54, 1.807) is 6.92 Å². The predicted octanol–water partition coefficient (Wildman–Crippen LogP) is 3.85. The van der Waals surface area contributed by atoms with Crippen molar-refractivity contribution in [2.75, 3.05) is 18.1 Å². The molecule has 2 aliphatic heterocycles. The molecular formula is C22H31N3O2. The topological polar surface area (TPSA) is 53.9 Å². The number of benzene rings is 1. The first-order chi connectivity index (χ1) is 13.0. The number of hydrogen-bond donors (Lipinski definition) is 1. The van der Waals surface area contributed by atoms with Crippen LogP contribution in [-0.2, 0) is 11.2 Å². The van der Waals surface area contributed by atoms with Gasteiger partial charge >= 0.3 is 0 Å². The highest BCUT2D eigenvalue weighted by Gasteiger charge is 2.34. The van der Waals surface area contributed by atoms with Gasteiger partial charge in [0.25, 0.3) is 0 Å². The molecule has 1 amide bonds. The number of aliphatic imine (C=N–C) groups is 1. The second-order valence-corrected chi connectivity index (χ2v) is 7.57. The molecule has 0 spiro atoms. The molecule has 0 aromatic heterocycles. The molecule has 1 aromatic carbocycles. The summed E-state index contributed by atoms with van der Waals surface area (Å²) in [6, 6.07) is 4.29. The van der Waals surface area contributed by atoms with Crippen molar-refractivity contribution in [2.45, 2.75) is 65.0 Å². The number of hydrogen-bond acceptors (Lipinski definition) is 4. The van der Waals surface area contributed by atoms with E-state index in [0.717, 1.165) is 54.1 Å². The summed E-state index contributed by atoms with van der Waals surface area (Å²) in [5.41, 5.74) is 2.89. The third kappa shape index (κ3) is 3.47. The third-order valence-electron chi connectivity index (χ3n) is 5.70. The molecule has 2 aliphatic rings. The van der Waals surface area contributed by atoms with Crippen LogP contribution >= 0.6 is 0 Å². The quantitative estimate of drug-likeness (QED) is 0.775. The molecule has 0 saturated heterocycles. The Balaban J connectivity index is 2.06. The first-order valence-corrected chi connectivity index (χ1v) is 10.0. The van der Waals surface area contributed by atoms with Gasteiger partial charge in [0.05, 0.1) is 29.9 Å². The van der Waals surface area contributed by atoms with E-state index in [1.807, 2.05) is 23.1 Å². The fourth-order valence-electron chi connectivity index (χ4n) is 3.99. The summed E-state index contributed by atoms with van der Waals surface area (Å²) in [7, 11) is 0. The zero-order valence-electron chi connectivity index (χ0n) is 17.0. The van der Waals surface area contributed by atoms with E-state index in [4.69, 9.17) is 9.73 Å². The second-order valence-electron chi connectivity index (χ2n) is 7.57. The predicted molar refractivity (Wildman–Crippen MR) is 111 cm³/mol. The second kappa shape index (κ2) is 7.75. The lowest BCUT2D eigenvalue weighted by Gasteiger charge is -2.36. The van der Waals surface area contributed by atoms with Crippen molar-refractivity contribution in [3.63, 3.8) is 0 Å². The highest BCUT2D eigenvalue weighted by atomic mass is 16.5. The summed E-state index contributed by atoms with van der Waals surface area (Å²) < 4.78 is 6.21. The number of nitrogens with one attached hydrogen (secondary N) is 1. The molecule has 0 unspecified atom stereocenters. The number of anilines is 1. The average molecular weight is 370 g/mol. The summed E-state index contributed by atoms with van der Waals surface area (Å²) in [4.78, 5) is 18.9. The molecule has 1 N–H and O–H groups in total. The minimum Gasteiger partial charge on any atom is -0.492 e. The molecule has 0 bridgehead atoms. The molecule has 27 heavy (non-hydrogen) atoms. The molecule has 5 heteroatoms. The van der Waals surface area contributed by atoms with Crippen molar-refractivity contribution in [2.24, 2.45) is 4.99 Å². The van der Waals surface area contributed by atoms with Gasteiger partial charge in [-0.05, 0) is 44.7 Å². The maximum atomic E-state index is 12.2. The Morgan fingerprint density at radius 3 is 2.85 bits per heavy atom. The Labute approximate surface area is 162 Å². The minimum absolute atomic E-state index is 0.0747. The van der Waals surface area contributed by atoms with Crippen LogP contribution in [0.2, 0.25) is 0 Å². The highest BCUT2D eigenvalue weighted by Crippen LogP contribution is 2.40. The van der Waals surface area contributed by atoms with Gasteiger partial charge in [-0.1, -0.05) is 19.9 Å². The van der Waals surface area contributed by atoms with Gasteiger partial charge in [0.15, 0.2) is 0 Å². The zero-order valence-corrected chi connectivity index (χ0v) is 17.0. The normalized spacial score (nSPS) is 24.1. The van der Waals surface area contributed by atoms with E-state index >= 15 is 0 Å². The molecule has 3 rings (SSSR count). The lowest BCUT2D eigenvalue weighted by atomic mass is 9.93.